The number of nitrogens with zero attached hydrogens (tertiary/aromatic N) is 3. The Labute approximate surface area is 154 Å². The van der Waals surface area contributed by atoms with Crippen LogP contribution in [0.4, 0.5) is 0 Å². The van der Waals surface area contributed by atoms with Crippen molar-refractivity contribution < 1.29 is 0 Å². The molecule has 0 aliphatic rings. The average molecular weight is 339 g/mol. The molecule has 0 N–H and O–H groups in total. The lowest BCUT2D eigenvalue weighted by molar-refractivity contribution is 0.822. The molecule has 2 aromatic heterocycles. The van der Waals surface area contributed by atoms with Gasteiger partial charge in [-0.05, 0) is 48.2 Å². The molecule has 0 amide bonds. The summed E-state index contributed by atoms with van der Waals surface area (Å²) in [4.78, 5) is 4.77. The van der Waals surface area contributed by atoms with Gasteiger partial charge in [0.05, 0.1) is 5.69 Å². The molecule has 2 heterocycles. The number of hydrogen-bond acceptors (Lipinski definition) is 2. The van der Waals surface area contributed by atoms with E-state index in [0.717, 1.165) is 30.0 Å². The SMILES string of the molecule is Cc1ccn(-c2cccc(Cc3cccc(Cc4ccccc4)c3)n2)n1. The predicted octanol–water partition coefficient (Wildman–Crippen LogP) is 4.76. The molecule has 0 atom stereocenters. The normalized spacial score (nSPS) is 10.8. The van der Waals surface area contributed by atoms with Gasteiger partial charge in [-0.2, -0.15) is 5.10 Å². The summed E-state index contributed by atoms with van der Waals surface area (Å²) < 4.78 is 1.82. The highest BCUT2D eigenvalue weighted by atomic mass is 15.3. The van der Waals surface area contributed by atoms with Crippen LogP contribution in [-0.2, 0) is 12.8 Å². The first-order valence-electron chi connectivity index (χ1n) is 8.86. The van der Waals surface area contributed by atoms with Crippen LogP contribution in [0.5, 0.6) is 0 Å². The van der Waals surface area contributed by atoms with E-state index in [-0.39, 0.29) is 0 Å². The van der Waals surface area contributed by atoms with E-state index < -0.39 is 0 Å². The van der Waals surface area contributed by atoms with Crippen molar-refractivity contribution in [2.24, 2.45) is 0 Å². The molecule has 4 rings (SSSR count). The summed E-state index contributed by atoms with van der Waals surface area (Å²) in [6.07, 6.45) is 3.72. The standard InChI is InChI=1S/C23H21N3/c1-18-13-14-26(25-18)23-12-6-11-22(24-23)17-21-10-5-9-20(16-21)15-19-7-3-2-4-8-19/h2-14,16H,15,17H2,1H3. The summed E-state index contributed by atoms with van der Waals surface area (Å²) in [5.74, 6) is 0.857. The van der Waals surface area contributed by atoms with E-state index in [1.165, 1.54) is 16.7 Å². The molecule has 0 unspecified atom stereocenters. The molecular weight excluding hydrogens is 318 g/mol. The van der Waals surface area contributed by atoms with Crippen LogP contribution in [0.2, 0.25) is 0 Å². The van der Waals surface area contributed by atoms with Gasteiger partial charge in [-0.3, -0.25) is 0 Å². The van der Waals surface area contributed by atoms with Crippen LogP contribution in [0, 0.1) is 6.92 Å². The van der Waals surface area contributed by atoms with E-state index in [4.69, 9.17) is 4.98 Å². The number of pyridine rings is 1. The van der Waals surface area contributed by atoms with Crippen molar-refractivity contribution >= 4 is 0 Å². The van der Waals surface area contributed by atoms with Gasteiger partial charge in [-0.25, -0.2) is 9.67 Å². The van der Waals surface area contributed by atoms with E-state index in [1.807, 2.05) is 36.0 Å². The van der Waals surface area contributed by atoms with Crippen molar-refractivity contribution in [3.8, 4) is 5.82 Å². The maximum Gasteiger partial charge on any atom is 0.153 e. The quantitative estimate of drug-likeness (QED) is 0.525. The van der Waals surface area contributed by atoms with Gasteiger partial charge in [0.25, 0.3) is 0 Å². The molecule has 2 aromatic carbocycles. The monoisotopic (exact) mass is 339 g/mol. The number of aromatic nitrogens is 3. The smallest absolute Gasteiger partial charge is 0.153 e. The summed E-state index contributed by atoms with van der Waals surface area (Å²) >= 11 is 0. The van der Waals surface area contributed by atoms with Crippen molar-refractivity contribution in [2.75, 3.05) is 0 Å². The third-order valence-electron chi connectivity index (χ3n) is 4.38. The zero-order chi connectivity index (χ0) is 17.8. The Morgan fingerprint density at radius 1 is 0.731 bits per heavy atom. The molecular formula is C23H21N3. The number of rotatable bonds is 5. The minimum absolute atomic E-state index is 0.816. The highest BCUT2D eigenvalue weighted by Crippen LogP contribution is 2.15. The maximum atomic E-state index is 4.77. The second kappa shape index (κ2) is 7.36. The van der Waals surface area contributed by atoms with Gasteiger partial charge in [-0.15, -0.1) is 0 Å². The van der Waals surface area contributed by atoms with E-state index in [1.54, 1.807) is 0 Å². The molecule has 0 spiro atoms. The van der Waals surface area contributed by atoms with Crippen LogP contribution in [0.1, 0.15) is 28.1 Å². The van der Waals surface area contributed by atoms with Crippen molar-refractivity contribution in [1.82, 2.24) is 14.8 Å². The molecule has 128 valence electrons. The van der Waals surface area contributed by atoms with Crippen molar-refractivity contribution in [1.29, 1.82) is 0 Å². The highest BCUT2D eigenvalue weighted by molar-refractivity contribution is 5.33. The molecule has 3 nitrogen and oxygen atoms in total. The van der Waals surface area contributed by atoms with E-state index >= 15 is 0 Å². The summed E-state index contributed by atoms with van der Waals surface area (Å²) in [7, 11) is 0. The van der Waals surface area contributed by atoms with Gasteiger partial charge in [0.1, 0.15) is 0 Å². The highest BCUT2D eigenvalue weighted by Gasteiger charge is 2.04. The van der Waals surface area contributed by atoms with E-state index in [2.05, 4.69) is 65.8 Å². The van der Waals surface area contributed by atoms with Crippen molar-refractivity contribution in [3.05, 3.63) is 113 Å². The minimum atomic E-state index is 0.816. The molecule has 26 heavy (non-hydrogen) atoms. The van der Waals surface area contributed by atoms with Crippen molar-refractivity contribution in [2.45, 2.75) is 19.8 Å². The van der Waals surface area contributed by atoms with Gasteiger partial charge in [-0.1, -0.05) is 60.7 Å². The number of aryl methyl sites for hydroxylation is 1. The second-order valence-electron chi connectivity index (χ2n) is 6.55. The average Bonchev–Trinajstić information content (AvgIpc) is 3.10. The first-order valence-corrected chi connectivity index (χ1v) is 8.86. The Balaban J connectivity index is 1.53. The Morgan fingerprint density at radius 2 is 1.46 bits per heavy atom. The fraction of sp³-hybridized carbons (Fsp3) is 0.130. The predicted molar refractivity (Wildman–Crippen MR) is 105 cm³/mol. The zero-order valence-electron chi connectivity index (χ0n) is 14.8. The molecule has 0 aliphatic carbocycles. The van der Waals surface area contributed by atoms with Gasteiger partial charge in [0.2, 0.25) is 0 Å². The Bertz CT molecular complexity index is 1000. The maximum absolute atomic E-state index is 4.77. The lowest BCUT2D eigenvalue weighted by Crippen LogP contribution is -2.02. The van der Waals surface area contributed by atoms with Gasteiger partial charge in [0, 0.05) is 18.3 Å². The van der Waals surface area contributed by atoms with Crippen LogP contribution < -0.4 is 0 Å². The Hall–Kier alpha value is -3.20. The van der Waals surface area contributed by atoms with Crippen molar-refractivity contribution in [3.63, 3.8) is 0 Å². The summed E-state index contributed by atoms with van der Waals surface area (Å²) in [5, 5.41) is 4.44. The lowest BCUT2D eigenvalue weighted by atomic mass is 10.0. The third kappa shape index (κ3) is 3.89. The topological polar surface area (TPSA) is 30.7 Å². The summed E-state index contributed by atoms with van der Waals surface area (Å²) in [6, 6.07) is 27.4. The molecule has 0 aliphatic heterocycles. The largest absolute Gasteiger partial charge is 0.233 e. The molecule has 0 bridgehead atoms. The minimum Gasteiger partial charge on any atom is -0.233 e. The van der Waals surface area contributed by atoms with Gasteiger partial charge in [0.15, 0.2) is 5.82 Å². The van der Waals surface area contributed by atoms with Crippen LogP contribution >= 0.6 is 0 Å². The van der Waals surface area contributed by atoms with Crippen LogP contribution in [0.3, 0.4) is 0 Å². The molecule has 0 saturated heterocycles. The number of hydrogen-bond donors (Lipinski definition) is 0. The van der Waals surface area contributed by atoms with Gasteiger partial charge < -0.3 is 0 Å². The molecule has 0 fully saturated rings. The first kappa shape index (κ1) is 16.3. The van der Waals surface area contributed by atoms with Crippen LogP contribution in [-0.4, -0.2) is 14.8 Å². The van der Waals surface area contributed by atoms with Gasteiger partial charge >= 0.3 is 0 Å². The molecule has 4 aromatic rings. The third-order valence-corrected chi connectivity index (χ3v) is 4.38. The summed E-state index contributed by atoms with van der Waals surface area (Å²) in [6.45, 7) is 1.98. The van der Waals surface area contributed by atoms with Crippen LogP contribution in [0.15, 0.2) is 85.1 Å². The second-order valence-corrected chi connectivity index (χ2v) is 6.55. The van der Waals surface area contributed by atoms with E-state index in [0.29, 0.717) is 0 Å². The summed E-state index contributed by atoms with van der Waals surface area (Å²) in [5.41, 5.74) is 5.98. The fourth-order valence-electron chi connectivity index (χ4n) is 3.13. The Morgan fingerprint density at radius 3 is 2.23 bits per heavy atom. The first-order chi connectivity index (χ1) is 12.8. The lowest BCUT2D eigenvalue weighted by Gasteiger charge is -2.07. The van der Waals surface area contributed by atoms with Crippen LogP contribution in [0.25, 0.3) is 5.82 Å². The fourth-order valence-corrected chi connectivity index (χ4v) is 3.13. The van der Waals surface area contributed by atoms with E-state index in [9.17, 15) is 0 Å². The molecule has 0 radical (unpaired) electrons. The number of benzene rings is 2. The zero-order valence-corrected chi connectivity index (χ0v) is 14.8. The molecule has 0 saturated carbocycles. The molecule has 3 heteroatoms. The Kier molecular flexibility index (Phi) is 4.61.